The fourth-order valence-electron chi connectivity index (χ4n) is 1.87. The summed E-state index contributed by atoms with van der Waals surface area (Å²) in [6.07, 6.45) is 1.35. The Morgan fingerprint density at radius 1 is 1.27 bits per heavy atom. The summed E-state index contributed by atoms with van der Waals surface area (Å²) in [4.78, 5) is 12.2. The largest absolute Gasteiger partial charge is 0.504 e. The lowest BCUT2D eigenvalue weighted by atomic mass is 10.0. The van der Waals surface area contributed by atoms with Crippen molar-refractivity contribution in [2.45, 2.75) is 0 Å². The van der Waals surface area contributed by atoms with E-state index in [1.165, 1.54) is 37.5 Å². The van der Waals surface area contributed by atoms with Crippen molar-refractivity contribution in [3.63, 3.8) is 0 Å². The van der Waals surface area contributed by atoms with Crippen molar-refractivity contribution in [2.24, 2.45) is 0 Å². The molecule has 2 rings (SSSR count). The first-order chi connectivity index (χ1) is 10.5. The Labute approximate surface area is 126 Å². The maximum Gasteiger partial charge on any atom is 0.203 e. The first kappa shape index (κ1) is 15.3. The third kappa shape index (κ3) is 3.30. The van der Waals surface area contributed by atoms with Crippen molar-refractivity contribution >= 4 is 11.9 Å². The summed E-state index contributed by atoms with van der Waals surface area (Å²) in [5.74, 6) is -0.778. The zero-order chi connectivity index (χ0) is 16.1. The molecule has 0 radical (unpaired) electrons. The molecule has 0 aliphatic carbocycles. The van der Waals surface area contributed by atoms with Gasteiger partial charge in [-0.2, -0.15) is 5.26 Å². The predicted octanol–water partition coefficient (Wildman–Crippen LogP) is 3.33. The van der Waals surface area contributed by atoms with E-state index in [0.29, 0.717) is 11.3 Å². The molecule has 0 amide bonds. The van der Waals surface area contributed by atoms with Gasteiger partial charge < -0.3 is 9.84 Å². The maximum atomic E-state index is 12.9. The molecule has 0 saturated carbocycles. The van der Waals surface area contributed by atoms with Crippen LogP contribution in [0.4, 0.5) is 4.39 Å². The van der Waals surface area contributed by atoms with Crippen molar-refractivity contribution < 1.29 is 19.0 Å². The predicted molar refractivity (Wildman–Crippen MR) is 79.0 cm³/mol. The lowest BCUT2D eigenvalue weighted by Crippen LogP contribution is -2.01. The van der Waals surface area contributed by atoms with Crippen molar-refractivity contribution in [1.29, 1.82) is 5.26 Å². The van der Waals surface area contributed by atoms with E-state index >= 15 is 0 Å². The Kier molecular flexibility index (Phi) is 4.54. The molecule has 5 heteroatoms. The third-order valence-electron chi connectivity index (χ3n) is 2.99. The van der Waals surface area contributed by atoms with E-state index in [-0.39, 0.29) is 16.9 Å². The SMILES string of the molecule is COc1ccc(/C=C(\C#N)C(=O)c2ccc(F)cc2)cc1O. The number of aromatic hydroxyl groups is 1. The number of phenols is 1. The Hall–Kier alpha value is -3.13. The zero-order valence-corrected chi connectivity index (χ0v) is 11.7. The summed E-state index contributed by atoms with van der Waals surface area (Å²) in [6, 6.07) is 11.3. The number of phenolic OH excluding ortho intramolecular Hbond substituents is 1. The molecule has 4 nitrogen and oxygen atoms in total. The maximum absolute atomic E-state index is 12.9. The van der Waals surface area contributed by atoms with Crippen LogP contribution in [0, 0.1) is 17.1 Å². The Morgan fingerprint density at radius 2 is 1.95 bits per heavy atom. The van der Waals surface area contributed by atoms with E-state index in [1.54, 1.807) is 6.07 Å². The second kappa shape index (κ2) is 6.55. The van der Waals surface area contributed by atoms with Crippen LogP contribution in [0.15, 0.2) is 48.0 Å². The second-order valence-corrected chi connectivity index (χ2v) is 4.44. The van der Waals surface area contributed by atoms with Crippen LogP contribution in [0.3, 0.4) is 0 Å². The number of carbonyl (C=O) groups is 1. The number of ketones is 1. The monoisotopic (exact) mass is 297 g/mol. The van der Waals surface area contributed by atoms with E-state index in [2.05, 4.69) is 0 Å². The van der Waals surface area contributed by atoms with E-state index in [0.717, 1.165) is 12.1 Å². The highest BCUT2D eigenvalue weighted by Crippen LogP contribution is 2.27. The van der Waals surface area contributed by atoms with E-state index in [1.807, 2.05) is 6.07 Å². The molecule has 0 unspecified atom stereocenters. The van der Waals surface area contributed by atoms with E-state index in [9.17, 15) is 14.3 Å². The summed E-state index contributed by atoms with van der Waals surface area (Å²) in [5.41, 5.74) is 0.577. The van der Waals surface area contributed by atoms with Crippen LogP contribution >= 0.6 is 0 Å². The first-order valence-corrected chi connectivity index (χ1v) is 6.34. The number of benzene rings is 2. The second-order valence-electron chi connectivity index (χ2n) is 4.44. The van der Waals surface area contributed by atoms with Gasteiger partial charge in [-0.05, 0) is 48.0 Å². The number of halogens is 1. The van der Waals surface area contributed by atoms with Crippen LogP contribution in [0.25, 0.3) is 6.08 Å². The smallest absolute Gasteiger partial charge is 0.203 e. The number of rotatable bonds is 4. The number of hydrogen-bond donors (Lipinski definition) is 1. The molecule has 0 fully saturated rings. The van der Waals surface area contributed by atoms with E-state index in [4.69, 9.17) is 10.00 Å². The molecule has 0 aliphatic rings. The highest BCUT2D eigenvalue weighted by atomic mass is 19.1. The standard InChI is InChI=1S/C17H12FNO3/c1-22-16-7-2-11(9-15(16)20)8-13(10-19)17(21)12-3-5-14(18)6-4-12/h2-9,20H,1H3/b13-8+. The van der Waals surface area contributed by atoms with Crippen molar-refractivity contribution in [3.05, 3.63) is 65.0 Å². The number of allylic oxidation sites excluding steroid dienone is 1. The minimum atomic E-state index is -0.516. The van der Waals surface area contributed by atoms with Gasteiger partial charge in [-0.15, -0.1) is 0 Å². The number of carbonyl (C=O) groups excluding carboxylic acids is 1. The van der Waals surface area contributed by atoms with Gasteiger partial charge in [0.1, 0.15) is 17.5 Å². The lowest BCUT2D eigenvalue weighted by Gasteiger charge is -2.04. The van der Waals surface area contributed by atoms with E-state index < -0.39 is 11.6 Å². The molecule has 1 N–H and O–H groups in total. The summed E-state index contributed by atoms with van der Waals surface area (Å²) in [7, 11) is 1.42. The minimum Gasteiger partial charge on any atom is -0.504 e. The van der Waals surface area contributed by atoms with Crippen LogP contribution in [0.1, 0.15) is 15.9 Å². The molecule has 0 spiro atoms. The van der Waals surface area contributed by atoms with Gasteiger partial charge in [-0.1, -0.05) is 6.07 Å². The molecule has 22 heavy (non-hydrogen) atoms. The number of methoxy groups -OCH3 is 1. The Morgan fingerprint density at radius 3 is 2.50 bits per heavy atom. The van der Waals surface area contributed by atoms with Gasteiger partial charge >= 0.3 is 0 Å². The van der Waals surface area contributed by atoms with Crippen LogP contribution in [0.5, 0.6) is 11.5 Å². The zero-order valence-electron chi connectivity index (χ0n) is 11.7. The Balaban J connectivity index is 2.35. The summed E-state index contributed by atoms with van der Waals surface area (Å²) >= 11 is 0. The number of nitriles is 1. The van der Waals surface area contributed by atoms with Crippen LogP contribution in [-0.4, -0.2) is 18.0 Å². The van der Waals surface area contributed by atoms with Crippen LogP contribution in [-0.2, 0) is 0 Å². The fourth-order valence-corrected chi connectivity index (χ4v) is 1.87. The van der Waals surface area contributed by atoms with Crippen molar-refractivity contribution in [1.82, 2.24) is 0 Å². The van der Waals surface area contributed by atoms with Gasteiger partial charge in [0.05, 0.1) is 7.11 Å². The highest BCUT2D eigenvalue weighted by molar-refractivity contribution is 6.14. The van der Waals surface area contributed by atoms with Gasteiger partial charge in [-0.25, -0.2) is 4.39 Å². The normalized spacial score (nSPS) is 10.9. The van der Waals surface area contributed by atoms with Gasteiger partial charge in [-0.3, -0.25) is 4.79 Å². The van der Waals surface area contributed by atoms with Gasteiger partial charge in [0.15, 0.2) is 11.5 Å². The molecule has 0 bridgehead atoms. The van der Waals surface area contributed by atoms with Crippen LogP contribution < -0.4 is 4.74 Å². The number of hydrogen-bond acceptors (Lipinski definition) is 4. The third-order valence-corrected chi connectivity index (χ3v) is 2.99. The molecule has 0 aromatic heterocycles. The molecule has 0 heterocycles. The first-order valence-electron chi connectivity index (χ1n) is 6.34. The minimum absolute atomic E-state index is 0.0947. The number of ether oxygens (including phenoxy) is 1. The molecular formula is C17H12FNO3. The molecule has 0 saturated heterocycles. The summed E-state index contributed by atoms with van der Waals surface area (Å²) in [5, 5.41) is 18.8. The quantitative estimate of drug-likeness (QED) is 0.534. The molecule has 110 valence electrons. The lowest BCUT2D eigenvalue weighted by molar-refractivity contribution is 0.104. The number of Topliss-reactive ketones (excluding diaryl/α,β-unsaturated/α-hetero) is 1. The fraction of sp³-hybridized carbons (Fsp3) is 0.0588. The highest BCUT2D eigenvalue weighted by Gasteiger charge is 2.12. The molecule has 2 aromatic carbocycles. The van der Waals surface area contributed by atoms with Gasteiger partial charge in [0.25, 0.3) is 0 Å². The molecule has 0 atom stereocenters. The molecule has 0 aliphatic heterocycles. The topological polar surface area (TPSA) is 70.3 Å². The van der Waals surface area contributed by atoms with Crippen molar-refractivity contribution in [2.75, 3.05) is 7.11 Å². The van der Waals surface area contributed by atoms with Crippen LogP contribution in [0.2, 0.25) is 0 Å². The van der Waals surface area contributed by atoms with Gasteiger partial charge in [0, 0.05) is 5.56 Å². The van der Waals surface area contributed by atoms with Crippen molar-refractivity contribution in [3.8, 4) is 17.6 Å². The van der Waals surface area contributed by atoms with Gasteiger partial charge in [0.2, 0.25) is 5.78 Å². The summed E-state index contributed by atoms with van der Waals surface area (Å²) in [6.45, 7) is 0. The number of nitrogens with zero attached hydrogens (tertiary/aromatic N) is 1. The molecule has 2 aromatic rings. The average molecular weight is 297 g/mol. The Bertz CT molecular complexity index is 773. The molecular weight excluding hydrogens is 285 g/mol. The average Bonchev–Trinajstić information content (AvgIpc) is 2.53. The summed E-state index contributed by atoms with van der Waals surface area (Å²) < 4.78 is 17.8.